The van der Waals surface area contributed by atoms with Crippen LogP contribution in [0.3, 0.4) is 0 Å². The van der Waals surface area contributed by atoms with E-state index in [4.69, 9.17) is 5.73 Å². The van der Waals surface area contributed by atoms with E-state index in [9.17, 15) is 36.5 Å². The summed E-state index contributed by atoms with van der Waals surface area (Å²) in [6.45, 7) is 21.1. The Morgan fingerprint density at radius 3 is 1.60 bits per heavy atom. The van der Waals surface area contributed by atoms with Gasteiger partial charge in [-0.2, -0.15) is 10.2 Å². The van der Waals surface area contributed by atoms with Crippen LogP contribution in [0.5, 0.6) is 0 Å². The number of carbonyl (C=O) groups is 2. The smallest absolute Gasteiger partial charge is 0.283 e. The van der Waals surface area contributed by atoms with E-state index < -0.39 is 42.5 Å². The number of benzene rings is 4. The highest BCUT2D eigenvalue weighted by Gasteiger charge is 2.26. The number of amides is 2. The van der Waals surface area contributed by atoms with Crippen molar-refractivity contribution in [1.29, 1.82) is 0 Å². The first-order valence-corrected chi connectivity index (χ1v) is 24.8. The molecule has 4 N–H and O–H groups in total. The number of non-ortho nitro benzene ring substituents is 1. The molecular weight excluding hydrogens is 905 g/mol. The summed E-state index contributed by atoms with van der Waals surface area (Å²) in [5, 5.41) is 20.2. The molecule has 0 unspecified atom stereocenters. The predicted molar refractivity (Wildman–Crippen MR) is 264 cm³/mol. The number of aryl methyl sites for hydroxylation is 5. The number of nitro benzene ring substituents is 1. The predicted octanol–water partition coefficient (Wildman–Crippen LogP) is 8.86. The van der Waals surface area contributed by atoms with Crippen molar-refractivity contribution >= 4 is 49.3 Å². The molecule has 6 aromatic rings. The number of hydrogen-bond acceptors (Lipinski definition) is 11. The van der Waals surface area contributed by atoms with Gasteiger partial charge in [-0.1, -0.05) is 96.1 Å². The number of hydrogen-bond donors (Lipinski definition) is 3. The molecule has 2 heterocycles. The Morgan fingerprint density at radius 2 is 1.13 bits per heavy atom. The maximum Gasteiger partial charge on any atom is 0.283 e. The lowest BCUT2D eigenvalue weighted by atomic mass is 9.90. The minimum absolute atomic E-state index is 0.0511. The highest BCUT2D eigenvalue weighted by atomic mass is 32.2. The van der Waals surface area contributed by atoms with Crippen molar-refractivity contribution in [1.82, 2.24) is 29.0 Å². The van der Waals surface area contributed by atoms with Crippen molar-refractivity contribution in [3.63, 3.8) is 0 Å². The molecule has 0 bridgehead atoms. The Kier molecular flexibility index (Phi) is 16.0. The van der Waals surface area contributed by atoms with E-state index in [-0.39, 0.29) is 38.6 Å². The number of sulfonamides is 2. The number of anilines is 1. The minimum atomic E-state index is -4.36. The second-order valence-electron chi connectivity index (χ2n) is 19.0. The normalized spacial score (nSPS) is 12.1. The molecule has 0 atom stereocenters. The Balaban J connectivity index is 0.000000255. The number of rotatable bonds is 14. The number of nitrogens with two attached hydrogens (primary N) is 1. The Hall–Kier alpha value is -6.92. The monoisotopic (exact) mass is 964 g/mol. The molecule has 16 nitrogen and oxygen atoms in total. The third-order valence-electron chi connectivity index (χ3n) is 10.8. The van der Waals surface area contributed by atoms with Gasteiger partial charge in [0, 0.05) is 17.8 Å². The molecule has 18 heteroatoms. The van der Waals surface area contributed by atoms with E-state index in [2.05, 4.69) is 35.7 Å². The maximum absolute atomic E-state index is 13.1. The SMILES string of the molecule is Cc1cccc(C)c1Cn1nc(/C=C/C(C)(C)C)cc1C(=O)NS(=O)(=O)c1cccc([N+](=O)[O-])c1.Cc1cccc(C)c1Cn1nc(CCC(C)(C)C)cc1C(=O)NS(=O)(=O)c1cccc(N)c1. The van der Waals surface area contributed by atoms with E-state index in [0.717, 1.165) is 51.6 Å². The zero-order valence-corrected chi connectivity index (χ0v) is 41.7. The zero-order valence-electron chi connectivity index (χ0n) is 40.1. The van der Waals surface area contributed by atoms with Crippen LogP contribution in [0.4, 0.5) is 11.4 Å². The van der Waals surface area contributed by atoms with E-state index in [1.165, 1.54) is 47.1 Å². The molecule has 0 radical (unpaired) electrons. The first kappa shape index (κ1) is 52.1. The van der Waals surface area contributed by atoms with Crippen LogP contribution in [-0.2, 0) is 39.6 Å². The second kappa shape index (κ2) is 20.9. The topological polar surface area (TPSA) is 231 Å². The maximum atomic E-state index is 13.1. The van der Waals surface area contributed by atoms with Gasteiger partial charge in [0.25, 0.3) is 37.5 Å². The molecule has 6 rings (SSSR count). The van der Waals surface area contributed by atoms with Crippen molar-refractivity contribution in [2.75, 3.05) is 5.73 Å². The Labute approximate surface area is 398 Å². The highest BCUT2D eigenvalue weighted by Crippen LogP contribution is 2.25. The molecule has 0 spiro atoms. The van der Waals surface area contributed by atoms with Crippen molar-refractivity contribution in [2.24, 2.45) is 10.8 Å². The van der Waals surface area contributed by atoms with Gasteiger partial charge in [-0.05, 0) is 127 Å². The quantitative estimate of drug-likeness (QED) is 0.0530. The summed E-state index contributed by atoms with van der Waals surface area (Å²) in [5.74, 6) is -1.61. The number of aromatic nitrogens is 4. The van der Waals surface area contributed by atoms with Crippen LogP contribution in [0, 0.1) is 48.6 Å². The molecule has 0 saturated heterocycles. The van der Waals surface area contributed by atoms with Crippen molar-refractivity contribution < 1.29 is 31.3 Å². The highest BCUT2D eigenvalue weighted by molar-refractivity contribution is 7.90. The van der Waals surface area contributed by atoms with Gasteiger partial charge in [-0.15, -0.1) is 0 Å². The van der Waals surface area contributed by atoms with E-state index in [1.807, 2.05) is 95.7 Å². The standard InChI is InChI=1S/C25H28N4O5S.C25H32N4O3S/c1-17-8-6-9-18(2)22(17)16-28-23(14-19(26-28)12-13-25(3,4)5)24(30)27-35(33,34)21-11-7-10-20(15-21)29(31)32;1-17-8-6-9-18(2)22(17)16-29-23(15-20(27-29)12-13-25(3,4)5)24(30)28-33(31,32)21-11-7-10-19(26)14-21/h6-15H,16H2,1-5H3,(H,27,30);6-11,14-15H,12-13,16,26H2,1-5H3,(H,28,30)/b13-12+;. The molecule has 360 valence electrons. The summed E-state index contributed by atoms with van der Waals surface area (Å²) in [5.41, 5.74) is 13.3. The van der Waals surface area contributed by atoms with E-state index >= 15 is 0 Å². The summed E-state index contributed by atoms with van der Waals surface area (Å²) >= 11 is 0. The van der Waals surface area contributed by atoms with Gasteiger partial charge in [0.1, 0.15) is 11.4 Å². The number of nitrogens with one attached hydrogen (secondary N) is 2. The Bertz CT molecular complexity index is 3060. The zero-order chi connectivity index (χ0) is 50.4. The number of nitrogens with zero attached hydrogens (tertiary/aromatic N) is 5. The second-order valence-corrected chi connectivity index (χ2v) is 22.4. The van der Waals surface area contributed by atoms with Crippen LogP contribution in [-0.4, -0.2) is 53.1 Å². The van der Waals surface area contributed by atoms with Crippen LogP contribution in [0.25, 0.3) is 6.08 Å². The summed E-state index contributed by atoms with van der Waals surface area (Å²) < 4.78 is 58.5. The largest absolute Gasteiger partial charge is 0.399 e. The van der Waals surface area contributed by atoms with Gasteiger partial charge in [-0.3, -0.25) is 29.1 Å². The van der Waals surface area contributed by atoms with Gasteiger partial charge < -0.3 is 5.73 Å². The van der Waals surface area contributed by atoms with Gasteiger partial charge in [-0.25, -0.2) is 26.3 Å². The van der Waals surface area contributed by atoms with Crippen LogP contribution >= 0.6 is 0 Å². The van der Waals surface area contributed by atoms with Crippen LogP contribution in [0.2, 0.25) is 0 Å². The van der Waals surface area contributed by atoms with Gasteiger partial charge >= 0.3 is 0 Å². The van der Waals surface area contributed by atoms with Crippen LogP contribution < -0.4 is 15.2 Å². The summed E-state index contributed by atoms with van der Waals surface area (Å²) in [6, 6.07) is 25.4. The average molecular weight is 965 g/mol. The number of nitro groups is 1. The van der Waals surface area contributed by atoms with Crippen molar-refractivity contribution in [3.8, 4) is 0 Å². The minimum Gasteiger partial charge on any atom is -0.399 e. The molecule has 0 aliphatic rings. The third kappa shape index (κ3) is 14.1. The average Bonchev–Trinajstić information content (AvgIpc) is 3.86. The lowest BCUT2D eigenvalue weighted by Crippen LogP contribution is -2.32. The van der Waals surface area contributed by atoms with Crippen molar-refractivity contribution in [2.45, 2.75) is 105 Å². The molecule has 0 aliphatic heterocycles. The first-order valence-electron chi connectivity index (χ1n) is 21.8. The van der Waals surface area contributed by atoms with E-state index in [0.29, 0.717) is 24.3 Å². The molecule has 0 saturated carbocycles. The van der Waals surface area contributed by atoms with Crippen LogP contribution in [0.15, 0.2) is 113 Å². The number of nitrogen functional groups attached to an aromatic ring is 1. The molecule has 2 aromatic heterocycles. The van der Waals surface area contributed by atoms with Gasteiger partial charge in [0.2, 0.25) is 0 Å². The van der Waals surface area contributed by atoms with Crippen LogP contribution in [0.1, 0.15) is 114 Å². The molecule has 0 aliphatic carbocycles. The fourth-order valence-corrected chi connectivity index (χ4v) is 8.98. The van der Waals surface area contributed by atoms with Gasteiger partial charge in [0.15, 0.2) is 0 Å². The molecular formula is C50H60N8O8S2. The molecule has 2 amide bonds. The summed E-state index contributed by atoms with van der Waals surface area (Å²) in [4.78, 5) is 36.2. The van der Waals surface area contributed by atoms with Crippen molar-refractivity contribution in [3.05, 3.63) is 169 Å². The van der Waals surface area contributed by atoms with Gasteiger partial charge in [0.05, 0.1) is 39.2 Å². The number of carbonyl (C=O) groups excluding carboxylic acids is 2. The number of allylic oxidation sites excluding steroid dienone is 1. The summed E-state index contributed by atoms with van der Waals surface area (Å²) in [6.07, 6.45) is 5.30. The fraction of sp³-hybridized carbons (Fsp3) is 0.320. The Morgan fingerprint density at radius 1 is 0.676 bits per heavy atom. The lowest BCUT2D eigenvalue weighted by molar-refractivity contribution is -0.385. The molecule has 0 fully saturated rings. The third-order valence-corrected chi connectivity index (χ3v) is 13.5. The first-order chi connectivity index (χ1) is 31.6. The molecule has 4 aromatic carbocycles. The summed E-state index contributed by atoms with van der Waals surface area (Å²) in [7, 11) is -8.44. The van der Waals surface area contributed by atoms with E-state index in [1.54, 1.807) is 22.9 Å². The fourth-order valence-electron chi connectivity index (χ4n) is 6.96. The lowest BCUT2D eigenvalue weighted by Gasteiger charge is -2.16. The molecule has 68 heavy (non-hydrogen) atoms.